The summed E-state index contributed by atoms with van der Waals surface area (Å²) in [6, 6.07) is 7.82. The summed E-state index contributed by atoms with van der Waals surface area (Å²) < 4.78 is 17.8. The molecule has 0 spiro atoms. The molecule has 1 N–H and O–H groups in total. The van der Waals surface area contributed by atoms with Gasteiger partial charge in [-0.2, -0.15) is 0 Å². The highest BCUT2D eigenvalue weighted by Gasteiger charge is 2.23. The minimum absolute atomic E-state index is 0.0592. The first-order valence-electron chi connectivity index (χ1n) is 8.45. The molecule has 1 amide bonds. The van der Waals surface area contributed by atoms with Crippen LogP contribution in [0.1, 0.15) is 45.1 Å². The van der Waals surface area contributed by atoms with Crippen molar-refractivity contribution in [2.75, 3.05) is 12.4 Å². The van der Waals surface area contributed by atoms with Gasteiger partial charge in [0.2, 0.25) is 5.91 Å². The van der Waals surface area contributed by atoms with Crippen LogP contribution < -0.4 is 10.1 Å². The minimum atomic E-state index is -1.22. The topological polar surface area (TPSA) is 55.4 Å². The predicted molar refractivity (Wildman–Crippen MR) is 93.9 cm³/mol. The van der Waals surface area contributed by atoms with E-state index in [-0.39, 0.29) is 17.7 Å². The molecule has 1 fully saturated rings. The summed E-state index contributed by atoms with van der Waals surface area (Å²) >= 11 is 0. The lowest BCUT2D eigenvalue weighted by atomic mass is 9.86. The third-order valence-electron chi connectivity index (χ3n) is 4.34. The number of benzene rings is 1. The summed E-state index contributed by atoms with van der Waals surface area (Å²) in [6.45, 7) is 4.68. The van der Waals surface area contributed by atoms with Crippen LogP contribution in [0, 0.1) is 5.92 Å². The highest BCUT2D eigenvalue weighted by molar-refractivity contribution is 7.84. The molecule has 1 aliphatic carbocycles. The van der Waals surface area contributed by atoms with E-state index < -0.39 is 10.8 Å². The van der Waals surface area contributed by atoms with Gasteiger partial charge < -0.3 is 10.1 Å². The average molecular weight is 337 g/mol. The predicted octanol–water partition coefficient (Wildman–Crippen LogP) is 3.03. The maximum Gasteiger partial charge on any atom is 0.232 e. The van der Waals surface area contributed by atoms with Crippen LogP contribution in [0.2, 0.25) is 0 Å². The quantitative estimate of drug-likeness (QED) is 0.832. The molecule has 0 bridgehead atoms. The van der Waals surface area contributed by atoms with Crippen molar-refractivity contribution in [2.45, 2.75) is 51.3 Å². The molecule has 0 aromatic heterocycles. The number of amides is 1. The van der Waals surface area contributed by atoms with Gasteiger partial charge in [-0.25, -0.2) is 0 Å². The standard InChI is InChI=1S/C18H27NO3S/c1-3-22-17-11-7-5-9-15(17)12-23(21)13-18(20)19-16-10-6-4-8-14(16)2/h5,7,9,11,14,16H,3-4,6,8,10,12-13H2,1-2H3,(H,19,20)/t14-,16+,23+/m0/s1. The van der Waals surface area contributed by atoms with Crippen LogP contribution in [-0.2, 0) is 21.3 Å². The monoisotopic (exact) mass is 337 g/mol. The van der Waals surface area contributed by atoms with E-state index in [1.807, 2.05) is 31.2 Å². The molecule has 1 aromatic carbocycles. The Morgan fingerprint density at radius 2 is 2.04 bits per heavy atom. The van der Waals surface area contributed by atoms with Gasteiger partial charge in [0.25, 0.3) is 0 Å². The first kappa shape index (κ1) is 18.0. The summed E-state index contributed by atoms with van der Waals surface area (Å²) in [5, 5.41) is 3.06. The number of hydrogen-bond donors (Lipinski definition) is 1. The molecular formula is C18H27NO3S. The lowest BCUT2D eigenvalue weighted by Gasteiger charge is -2.29. The Kier molecular flexibility index (Phi) is 7.09. The number of carbonyl (C=O) groups is 1. The van der Waals surface area contributed by atoms with Crippen LogP contribution in [0.15, 0.2) is 24.3 Å². The molecule has 0 unspecified atom stereocenters. The molecule has 3 atom stereocenters. The van der Waals surface area contributed by atoms with Crippen molar-refractivity contribution >= 4 is 16.7 Å². The molecular weight excluding hydrogens is 310 g/mol. The summed E-state index contributed by atoms with van der Waals surface area (Å²) in [4.78, 5) is 12.1. The van der Waals surface area contributed by atoms with Crippen LogP contribution in [-0.4, -0.2) is 28.5 Å². The maximum atomic E-state index is 12.3. The van der Waals surface area contributed by atoms with E-state index in [1.165, 1.54) is 12.8 Å². The zero-order valence-corrected chi connectivity index (χ0v) is 14.9. The van der Waals surface area contributed by atoms with Crippen LogP contribution in [0.5, 0.6) is 5.75 Å². The van der Waals surface area contributed by atoms with Gasteiger partial charge in [0, 0.05) is 22.4 Å². The SMILES string of the molecule is CCOc1ccccc1C[S@@](=O)CC(=O)N[C@@H]1CCCC[C@@H]1C. The molecule has 23 heavy (non-hydrogen) atoms. The fourth-order valence-electron chi connectivity index (χ4n) is 3.07. The summed E-state index contributed by atoms with van der Waals surface area (Å²) in [5.74, 6) is 1.58. The van der Waals surface area contributed by atoms with E-state index in [0.717, 1.165) is 24.2 Å². The van der Waals surface area contributed by atoms with Crippen LogP contribution in [0.4, 0.5) is 0 Å². The van der Waals surface area contributed by atoms with E-state index in [1.54, 1.807) is 0 Å². The number of ether oxygens (including phenoxy) is 1. The van der Waals surface area contributed by atoms with Gasteiger partial charge in [-0.15, -0.1) is 0 Å². The number of rotatable bonds is 7. The Hall–Kier alpha value is -1.36. The average Bonchev–Trinajstić information content (AvgIpc) is 2.51. The van der Waals surface area contributed by atoms with Gasteiger partial charge in [-0.1, -0.05) is 38.0 Å². The Morgan fingerprint density at radius 1 is 1.30 bits per heavy atom. The number of hydrogen-bond acceptors (Lipinski definition) is 3. The van der Waals surface area contributed by atoms with E-state index in [4.69, 9.17) is 4.74 Å². The van der Waals surface area contributed by atoms with Crippen LogP contribution in [0.3, 0.4) is 0 Å². The highest BCUT2D eigenvalue weighted by Crippen LogP contribution is 2.24. The largest absolute Gasteiger partial charge is 0.494 e. The summed E-state index contributed by atoms with van der Waals surface area (Å²) in [7, 11) is -1.22. The zero-order valence-electron chi connectivity index (χ0n) is 14.0. The molecule has 0 radical (unpaired) electrons. The van der Waals surface area contributed by atoms with E-state index in [0.29, 0.717) is 18.3 Å². The molecule has 128 valence electrons. The Bertz CT molecular complexity index is 547. The molecule has 4 nitrogen and oxygen atoms in total. The van der Waals surface area contributed by atoms with Gasteiger partial charge in [0.05, 0.1) is 12.4 Å². The number of nitrogens with one attached hydrogen (secondary N) is 1. The molecule has 0 saturated heterocycles. The number of para-hydroxylation sites is 1. The second kappa shape index (κ2) is 9.06. The van der Waals surface area contributed by atoms with Crippen molar-refractivity contribution < 1.29 is 13.7 Å². The van der Waals surface area contributed by atoms with Gasteiger partial charge in [0.15, 0.2) is 0 Å². The molecule has 2 rings (SSSR count). The first-order chi connectivity index (χ1) is 11.1. The molecule has 1 aliphatic rings. The van der Waals surface area contributed by atoms with Crippen molar-refractivity contribution in [1.82, 2.24) is 5.32 Å². The Morgan fingerprint density at radius 3 is 2.78 bits per heavy atom. The highest BCUT2D eigenvalue weighted by atomic mass is 32.2. The Balaban J connectivity index is 1.85. The second-order valence-corrected chi connectivity index (χ2v) is 7.66. The molecule has 1 saturated carbocycles. The summed E-state index contributed by atoms with van der Waals surface area (Å²) in [6.07, 6.45) is 4.61. The number of carbonyl (C=O) groups excluding carboxylic acids is 1. The minimum Gasteiger partial charge on any atom is -0.494 e. The lowest BCUT2D eigenvalue weighted by Crippen LogP contribution is -2.42. The normalized spacial score (nSPS) is 22.3. The van der Waals surface area contributed by atoms with E-state index in [2.05, 4.69) is 12.2 Å². The van der Waals surface area contributed by atoms with Crippen molar-refractivity contribution in [3.8, 4) is 5.75 Å². The Labute approximate surface area is 141 Å². The van der Waals surface area contributed by atoms with Crippen molar-refractivity contribution in [3.63, 3.8) is 0 Å². The van der Waals surface area contributed by atoms with Crippen molar-refractivity contribution in [1.29, 1.82) is 0 Å². The van der Waals surface area contributed by atoms with Crippen LogP contribution in [0.25, 0.3) is 0 Å². The van der Waals surface area contributed by atoms with Gasteiger partial charge >= 0.3 is 0 Å². The third-order valence-corrected chi connectivity index (χ3v) is 5.56. The zero-order chi connectivity index (χ0) is 16.7. The first-order valence-corrected chi connectivity index (χ1v) is 9.94. The lowest BCUT2D eigenvalue weighted by molar-refractivity contribution is -0.119. The van der Waals surface area contributed by atoms with Gasteiger partial charge in [0.1, 0.15) is 11.5 Å². The van der Waals surface area contributed by atoms with E-state index >= 15 is 0 Å². The van der Waals surface area contributed by atoms with Crippen molar-refractivity contribution in [2.24, 2.45) is 5.92 Å². The third kappa shape index (κ3) is 5.65. The van der Waals surface area contributed by atoms with E-state index in [9.17, 15) is 9.00 Å². The van der Waals surface area contributed by atoms with Gasteiger partial charge in [-0.05, 0) is 31.7 Å². The maximum absolute atomic E-state index is 12.3. The molecule has 0 aliphatic heterocycles. The smallest absolute Gasteiger partial charge is 0.232 e. The second-order valence-electron chi connectivity index (χ2n) is 6.20. The fourth-order valence-corrected chi connectivity index (χ4v) is 4.13. The summed E-state index contributed by atoms with van der Waals surface area (Å²) in [5.41, 5.74) is 0.895. The van der Waals surface area contributed by atoms with Crippen LogP contribution >= 0.6 is 0 Å². The van der Waals surface area contributed by atoms with Crippen molar-refractivity contribution in [3.05, 3.63) is 29.8 Å². The molecule has 1 aromatic rings. The van der Waals surface area contributed by atoms with Gasteiger partial charge in [-0.3, -0.25) is 9.00 Å². The fraction of sp³-hybridized carbons (Fsp3) is 0.611. The molecule has 0 heterocycles. The molecule has 5 heteroatoms.